The number of hydrogen-bond acceptors (Lipinski definition) is 4. The highest BCUT2D eigenvalue weighted by molar-refractivity contribution is 5.74. The van der Waals surface area contributed by atoms with E-state index in [1.807, 2.05) is 30.0 Å². The molecular formula is C22H25F2N3O3. The van der Waals surface area contributed by atoms with E-state index in [1.165, 1.54) is 6.07 Å². The number of nitrogens with zero attached hydrogens (tertiary/aromatic N) is 1. The molecule has 1 fully saturated rings. The first-order valence-electron chi connectivity index (χ1n) is 10.1. The first-order valence-corrected chi connectivity index (χ1v) is 10.1. The molecule has 4 rings (SSSR count). The van der Waals surface area contributed by atoms with Crippen molar-refractivity contribution in [1.82, 2.24) is 10.6 Å². The zero-order chi connectivity index (χ0) is 21.1. The molecule has 0 saturated carbocycles. The molecule has 2 heterocycles. The summed E-state index contributed by atoms with van der Waals surface area (Å²) in [6, 6.07) is 9.15. The third-order valence-electron chi connectivity index (χ3n) is 5.52. The van der Waals surface area contributed by atoms with Gasteiger partial charge in [-0.05, 0) is 49.1 Å². The summed E-state index contributed by atoms with van der Waals surface area (Å²) in [5.41, 5.74) is 1.59. The number of amides is 2. The molecule has 0 radical (unpaired) electrons. The number of benzene rings is 2. The Morgan fingerprint density at radius 1 is 1.13 bits per heavy atom. The lowest BCUT2D eigenvalue weighted by Gasteiger charge is -2.21. The van der Waals surface area contributed by atoms with Crippen molar-refractivity contribution in [3.8, 4) is 11.5 Å². The van der Waals surface area contributed by atoms with Crippen molar-refractivity contribution in [1.29, 1.82) is 0 Å². The normalized spacial score (nSPS) is 18.8. The fraction of sp³-hybridized carbons (Fsp3) is 0.409. The van der Waals surface area contributed by atoms with Crippen molar-refractivity contribution in [2.45, 2.75) is 19.4 Å². The van der Waals surface area contributed by atoms with Crippen LogP contribution < -0.4 is 25.0 Å². The maximum Gasteiger partial charge on any atom is 0.315 e. The Balaban J connectivity index is 1.25. The quantitative estimate of drug-likeness (QED) is 0.780. The second-order valence-corrected chi connectivity index (χ2v) is 7.68. The van der Waals surface area contributed by atoms with Gasteiger partial charge in [-0.1, -0.05) is 6.07 Å². The van der Waals surface area contributed by atoms with Gasteiger partial charge in [0, 0.05) is 31.4 Å². The maximum atomic E-state index is 13.5. The van der Waals surface area contributed by atoms with E-state index in [0.717, 1.165) is 24.6 Å². The van der Waals surface area contributed by atoms with Gasteiger partial charge in [0.25, 0.3) is 0 Å². The Morgan fingerprint density at radius 2 is 1.93 bits per heavy atom. The highest BCUT2D eigenvalue weighted by Gasteiger charge is 2.24. The van der Waals surface area contributed by atoms with Gasteiger partial charge in [0.2, 0.25) is 0 Å². The van der Waals surface area contributed by atoms with Gasteiger partial charge in [-0.3, -0.25) is 0 Å². The number of nitrogens with one attached hydrogen (secondary N) is 2. The zero-order valence-electron chi connectivity index (χ0n) is 16.8. The molecule has 2 atom stereocenters. The van der Waals surface area contributed by atoms with Gasteiger partial charge in [-0.2, -0.15) is 0 Å². The minimum absolute atomic E-state index is 0.192. The predicted molar refractivity (Wildman–Crippen MR) is 109 cm³/mol. The van der Waals surface area contributed by atoms with Gasteiger partial charge in [0.15, 0.2) is 23.1 Å². The van der Waals surface area contributed by atoms with Crippen LogP contribution in [0.25, 0.3) is 0 Å². The molecule has 2 unspecified atom stereocenters. The number of carbonyl (C=O) groups is 1. The fourth-order valence-corrected chi connectivity index (χ4v) is 3.81. The summed E-state index contributed by atoms with van der Waals surface area (Å²) < 4.78 is 37.7. The largest absolute Gasteiger partial charge is 0.486 e. The average Bonchev–Trinajstić information content (AvgIpc) is 3.23. The second kappa shape index (κ2) is 8.77. The van der Waals surface area contributed by atoms with E-state index in [4.69, 9.17) is 9.47 Å². The van der Waals surface area contributed by atoms with Crippen LogP contribution in [-0.2, 0) is 0 Å². The molecular weight excluding hydrogens is 392 g/mol. The molecule has 0 aromatic heterocycles. The van der Waals surface area contributed by atoms with Crippen molar-refractivity contribution in [3.05, 3.63) is 53.6 Å². The van der Waals surface area contributed by atoms with E-state index in [0.29, 0.717) is 43.5 Å². The number of halogens is 2. The van der Waals surface area contributed by atoms with E-state index in [-0.39, 0.29) is 18.0 Å². The molecule has 6 nitrogen and oxygen atoms in total. The van der Waals surface area contributed by atoms with E-state index in [2.05, 4.69) is 10.6 Å². The molecule has 2 aromatic carbocycles. The van der Waals surface area contributed by atoms with Crippen LogP contribution in [0.2, 0.25) is 0 Å². The van der Waals surface area contributed by atoms with E-state index in [1.54, 1.807) is 6.07 Å². The lowest BCUT2D eigenvalue weighted by molar-refractivity contribution is 0.171. The third-order valence-corrected chi connectivity index (χ3v) is 5.52. The number of fused-ring (bicyclic) bond motifs is 1. The van der Waals surface area contributed by atoms with E-state index >= 15 is 0 Å². The molecule has 2 aliphatic heterocycles. The number of urea groups is 1. The van der Waals surface area contributed by atoms with Crippen LogP contribution in [-0.4, -0.2) is 38.9 Å². The highest BCUT2D eigenvalue weighted by atomic mass is 19.2. The summed E-state index contributed by atoms with van der Waals surface area (Å²) in [5, 5.41) is 5.85. The summed E-state index contributed by atoms with van der Waals surface area (Å²) >= 11 is 0. The van der Waals surface area contributed by atoms with Crippen LogP contribution in [0.4, 0.5) is 19.3 Å². The van der Waals surface area contributed by atoms with Crippen LogP contribution in [0.3, 0.4) is 0 Å². The molecule has 2 aromatic rings. The number of carbonyl (C=O) groups excluding carboxylic acids is 1. The molecule has 0 spiro atoms. The Labute approximate surface area is 174 Å². The van der Waals surface area contributed by atoms with E-state index in [9.17, 15) is 13.6 Å². The highest BCUT2D eigenvalue weighted by Crippen LogP contribution is 2.32. The second-order valence-electron chi connectivity index (χ2n) is 7.68. The van der Waals surface area contributed by atoms with Gasteiger partial charge in [0.1, 0.15) is 13.2 Å². The standard InChI is InChI=1S/C22H25F2N3O3/c1-14(16-2-5-20-21(10-16)30-9-8-29-20)26-22(28)25-12-15-6-7-27(13-15)17-3-4-18(23)19(24)11-17/h2-5,10-11,14-15H,6-9,12-13H2,1H3,(H2,25,26,28). The van der Waals surface area contributed by atoms with Gasteiger partial charge >= 0.3 is 6.03 Å². The predicted octanol–water partition coefficient (Wildman–Crippen LogP) is 3.62. The maximum absolute atomic E-state index is 13.5. The van der Waals surface area contributed by atoms with Crippen LogP contribution >= 0.6 is 0 Å². The van der Waals surface area contributed by atoms with Gasteiger partial charge < -0.3 is 25.0 Å². The lowest BCUT2D eigenvalue weighted by Crippen LogP contribution is -2.40. The van der Waals surface area contributed by atoms with Crippen molar-refractivity contribution in [2.75, 3.05) is 37.7 Å². The number of rotatable bonds is 5. The minimum Gasteiger partial charge on any atom is -0.486 e. The Morgan fingerprint density at radius 3 is 2.73 bits per heavy atom. The van der Waals surface area contributed by atoms with Crippen molar-refractivity contribution < 1.29 is 23.0 Å². The third kappa shape index (κ3) is 4.58. The van der Waals surface area contributed by atoms with Crippen LogP contribution in [0.1, 0.15) is 24.9 Å². The summed E-state index contributed by atoms with van der Waals surface area (Å²) in [6.45, 7) is 4.90. The Kier molecular flexibility index (Phi) is 5.92. The first-order chi connectivity index (χ1) is 14.5. The number of ether oxygens (including phenoxy) is 2. The summed E-state index contributed by atoms with van der Waals surface area (Å²) in [4.78, 5) is 14.3. The van der Waals surface area contributed by atoms with E-state index < -0.39 is 11.6 Å². The summed E-state index contributed by atoms with van der Waals surface area (Å²) in [7, 11) is 0. The van der Waals surface area contributed by atoms with Gasteiger partial charge in [-0.15, -0.1) is 0 Å². The average molecular weight is 417 g/mol. The van der Waals surface area contributed by atoms with Crippen molar-refractivity contribution >= 4 is 11.7 Å². The summed E-state index contributed by atoms with van der Waals surface area (Å²) in [6.07, 6.45) is 0.872. The zero-order valence-corrected chi connectivity index (χ0v) is 16.8. The molecule has 0 bridgehead atoms. The minimum atomic E-state index is -0.847. The fourth-order valence-electron chi connectivity index (χ4n) is 3.81. The monoisotopic (exact) mass is 417 g/mol. The van der Waals surface area contributed by atoms with Gasteiger partial charge in [-0.25, -0.2) is 13.6 Å². The number of anilines is 1. The molecule has 8 heteroatoms. The SMILES string of the molecule is CC(NC(=O)NCC1CCN(c2ccc(F)c(F)c2)C1)c1ccc2c(c1)OCCO2. The molecule has 0 aliphatic carbocycles. The lowest BCUT2D eigenvalue weighted by atomic mass is 10.1. The smallest absolute Gasteiger partial charge is 0.315 e. The molecule has 160 valence electrons. The van der Waals surface area contributed by atoms with Gasteiger partial charge in [0.05, 0.1) is 6.04 Å². The molecule has 2 aliphatic rings. The Hall–Kier alpha value is -3.03. The van der Waals surface area contributed by atoms with Crippen molar-refractivity contribution in [2.24, 2.45) is 5.92 Å². The van der Waals surface area contributed by atoms with Crippen molar-refractivity contribution in [3.63, 3.8) is 0 Å². The first kappa shape index (κ1) is 20.3. The Bertz CT molecular complexity index is 924. The molecule has 2 amide bonds. The molecule has 2 N–H and O–H groups in total. The molecule has 1 saturated heterocycles. The molecule has 30 heavy (non-hydrogen) atoms. The van der Waals surface area contributed by atoms with Crippen LogP contribution in [0.5, 0.6) is 11.5 Å². The van der Waals surface area contributed by atoms with Crippen LogP contribution in [0, 0.1) is 17.6 Å². The topological polar surface area (TPSA) is 62.8 Å². The summed E-state index contributed by atoms with van der Waals surface area (Å²) in [5.74, 6) is -0.0421. The number of hydrogen-bond donors (Lipinski definition) is 2. The van der Waals surface area contributed by atoms with Crippen LogP contribution in [0.15, 0.2) is 36.4 Å².